The van der Waals surface area contributed by atoms with Gasteiger partial charge >= 0.3 is 0 Å². The minimum absolute atomic E-state index is 0.0992. The number of rotatable bonds is 4. The highest BCUT2D eigenvalue weighted by Crippen LogP contribution is 2.31. The lowest BCUT2D eigenvalue weighted by atomic mass is 9.94. The van der Waals surface area contributed by atoms with Crippen LogP contribution in [0.1, 0.15) is 24.8 Å². The van der Waals surface area contributed by atoms with Gasteiger partial charge in [-0.15, -0.1) is 11.3 Å². The average molecular weight is 456 g/mol. The van der Waals surface area contributed by atoms with Gasteiger partial charge in [0.2, 0.25) is 5.91 Å². The van der Waals surface area contributed by atoms with Crippen molar-refractivity contribution in [1.29, 1.82) is 0 Å². The number of nitrogens with one attached hydrogen (secondary N) is 1. The molecule has 2 aliphatic heterocycles. The van der Waals surface area contributed by atoms with Crippen LogP contribution in [0.4, 0.5) is 0 Å². The number of benzene rings is 1. The Morgan fingerprint density at radius 3 is 2.58 bits per heavy atom. The van der Waals surface area contributed by atoms with Crippen molar-refractivity contribution < 1.29 is 13.2 Å². The summed E-state index contributed by atoms with van der Waals surface area (Å²) < 4.78 is 27.3. The predicted molar refractivity (Wildman–Crippen MR) is 123 cm³/mol. The Labute approximate surface area is 186 Å². The second kappa shape index (κ2) is 8.26. The fraction of sp³-hybridized carbons (Fsp3) is 0.348. The molecule has 1 fully saturated rings. The van der Waals surface area contributed by atoms with E-state index in [1.165, 1.54) is 32.2 Å². The van der Waals surface area contributed by atoms with Crippen molar-refractivity contribution >= 4 is 43.7 Å². The van der Waals surface area contributed by atoms with Crippen molar-refractivity contribution in [3.05, 3.63) is 59.6 Å². The molecule has 6 nitrogen and oxygen atoms in total. The van der Waals surface area contributed by atoms with E-state index in [-0.39, 0.29) is 11.8 Å². The largest absolute Gasteiger partial charge is 0.361 e. The van der Waals surface area contributed by atoms with Crippen LogP contribution in [0.25, 0.3) is 16.5 Å². The monoisotopic (exact) mass is 455 g/mol. The van der Waals surface area contributed by atoms with Crippen molar-refractivity contribution in [2.75, 3.05) is 26.2 Å². The molecule has 0 atom stereocenters. The molecule has 2 aliphatic rings. The summed E-state index contributed by atoms with van der Waals surface area (Å²) in [5.74, 6) is 0.0558. The third-order valence-corrected chi connectivity index (χ3v) is 9.62. The van der Waals surface area contributed by atoms with Crippen LogP contribution >= 0.6 is 11.3 Å². The number of hydrogen-bond acceptors (Lipinski definition) is 4. The molecule has 5 rings (SSSR count). The number of piperidine rings is 1. The first-order valence-electron chi connectivity index (χ1n) is 10.6. The third kappa shape index (κ3) is 3.84. The topological polar surface area (TPSA) is 73.5 Å². The number of hydrogen-bond donors (Lipinski definition) is 1. The van der Waals surface area contributed by atoms with E-state index in [1.807, 2.05) is 17.0 Å². The number of carbonyl (C=O) groups is 1. The molecule has 1 amide bonds. The van der Waals surface area contributed by atoms with Gasteiger partial charge < -0.3 is 9.88 Å². The van der Waals surface area contributed by atoms with Crippen molar-refractivity contribution in [3.63, 3.8) is 0 Å². The lowest BCUT2D eigenvalue weighted by Crippen LogP contribution is -2.45. The van der Waals surface area contributed by atoms with E-state index in [0.29, 0.717) is 43.2 Å². The highest BCUT2D eigenvalue weighted by Gasteiger charge is 2.34. The molecule has 1 N–H and O–H groups in total. The van der Waals surface area contributed by atoms with Crippen LogP contribution in [-0.2, 0) is 14.8 Å². The normalized spacial score (nSPS) is 19.0. The molecule has 162 valence electrons. The SMILES string of the molecule is O=C(C1CCN(S(=O)(=O)c2cccs2)CC1)N1CC=C(c2c[nH]c3ccccc23)CC1. The Hall–Kier alpha value is -2.42. The van der Waals surface area contributed by atoms with Gasteiger partial charge in [-0.1, -0.05) is 30.3 Å². The molecular formula is C23H25N3O3S2. The summed E-state index contributed by atoms with van der Waals surface area (Å²) >= 11 is 1.24. The van der Waals surface area contributed by atoms with Crippen molar-refractivity contribution in [1.82, 2.24) is 14.2 Å². The van der Waals surface area contributed by atoms with Crippen molar-refractivity contribution in [2.24, 2.45) is 5.92 Å². The van der Waals surface area contributed by atoms with Crippen molar-refractivity contribution in [3.8, 4) is 0 Å². The molecule has 0 radical (unpaired) electrons. The molecule has 0 saturated carbocycles. The first kappa shape index (κ1) is 20.5. The number of sulfonamides is 1. The molecule has 1 aromatic carbocycles. The number of aromatic amines is 1. The molecular weight excluding hydrogens is 430 g/mol. The maximum atomic E-state index is 13.1. The van der Waals surface area contributed by atoms with E-state index in [1.54, 1.807) is 17.5 Å². The molecule has 31 heavy (non-hydrogen) atoms. The molecule has 1 saturated heterocycles. The van der Waals surface area contributed by atoms with E-state index in [4.69, 9.17) is 0 Å². The van der Waals surface area contributed by atoms with Gasteiger partial charge in [-0.3, -0.25) is 4.79 Å². The van der Waals surface area contributed by atoms with Crippen LogP contribution in [0, 0.1) is 5.92 Å². The second-order valence-electron chi connectivity index (χ2n) is 8.12. The number of H-pyrrole nitrogens is 1. The summed E-state index contributed by atoms with van der Waals surface area (Å²) in [5.41, 5.74) is 3.62. The highest BCUT2D eigenvalue weighted by atomic mass is 32.2. The summed E-state index contributed by atoms with van der Waals surface area (Å²) in [6.45, 7) is 2.13. The maximum absolute atomic E-state index is 13.1. The molecule has 3 aromatic rings. The Kier molecular flexibility index (Phi) is 5.45. The lowest BCUT2D eigenvalue weighted by Gasteiger charge is -2.34. The standard InChI is InChI=1S/C23H25N3O3S2/c27-23(18-9-13-26(14-10-18)31(28,29)22-6-3-15-30-22)25-11-7-17(8-12-25)20-16-24-21-5-2-1-4-19(20)21/h1-7,15-16,18,24H,8-14H2. The van der Waals surface area contributed by atoms with Gasteiger partial charge in [0.1, 0.15) is 4.21 Å². The lowest BCUT2D eigenvalue weighted by molar-refractivity contribution is -0.136. The average Bonchev–Trinajstić information content (AvgIpc) is 3.50. The van der Waals surface area contributed by atoms with Crippen LogP contribution in [0.2, 0.25) is 0 Å². The molecule has 4 heterocycles. The fourth-order valence-corrected chi connectivity index (χ4v) is 7.20. The molecule has 0 bridgehead atoms. The molecule has 2 aromatic heterocycles. The zero-order valence-corrected chi connectivity index (χ0v) is 18.8. The van der Waals surface area contributed by atoms with Gasteiger partial charge in [0.15, 0.2) is 0 Å². The van der Waals surface area contributed by atoms with E-state index < -0.39 is 10.0 Å². The van der Waals surface area contributed by atoms with Crippen LogP contribution in [0.15, 0.2) is 58.3 Å². The maximum Gasteiger partial charge on any atom is 0.252 e. The summed E-state index contributed by atoms with van der Waals surface area (Å²) in [6.07, 6.45) is 6.21. The first-order valence-corrected chi connectivity index (χ1v) is 12.9. The molecule has 8 heteroatoms. The molecule has 0 aliphatic carbocycles. The van der Waals surface area contributed by atoms with Gasteiger partial charge in [0, 0.05) is 54.8 Å². The van der Waals surface area contributed by atoms with Gasteiger partial charge in [-0.05, 0) is 42.3 Å². The summed E-state index contributed by atoms with van der Waals surface area (Å²) in [7, 11) is -3.43. The zero-order chi connectivity index (χ0) is 21.4. The summed E-state index contributed by atoms with van der Waals surface area (Å²) in [4.78, 5) is 18.3. The first-order chi connectivity index (χ1) is 15.0. The number of para-hydroxylation sites is 1. The Morgan fingerprint density at radius 1 is 1.06 bits per heavy atom. The minimum atomic E-state index is -3.43. The highest BCUT2D eigenvalue weighted by molar-refractivity contribution is 7.91. The van der Waals surface area contributed by atoms with Crippen LogP contribution < -0.4 is 0 Å². The van der Waals surface area contributed by atoms with E-state index >= 15 is 0 Å². The van der Waals surface area contributed by atoms with Gasteiger partial charge in [-0.2, -0.15) is 4.31 Å². The number of fused-ring (bicyclic) bond motifs is 1. The Morgan fingerprint density at radius 2 is 1.87 bits per heavy atom. The number of carbonyl (C=O) groups excluding carboxylic acids is 1. The van der Waals surface area contributed by atoms with Crippen LogP contribution in [0.3, 0.4) is 0 Å². The number of nitrogens with zero attached hydrogens (tertiary/aromatic N) is 2. The Bertz CT molecular complexity index is 1220. The van der Waals surface area contributed by atoms with Crippen LogP contribution in [0.5, 0.6) is 0 Å². The minimum Gasteiger partial charge on any atom is -0.361 e. The number of aromatic nitrogens is 1. The van der Waals surface area contributed by atoms with E-state index in [9.17, 15) is 13.2 Å². The predicted octanol–water partition coefficient (Wildman–Crippen LogP) is 3.95. The quantitative estimate of drug-likeness (QED) is 0.647. The van der Waals surface area contributed by atoms with E-state index in [0.717, 1.165) is 11.9 Å². The zero-order valence-electron chi connectivity index (χ0n) is 17.2. The summed E-state index contributed by atoms with van der Waals surface area (Å²) in [6, 6.07) is 11.7. The smallest absolute Gasteiger partial charge is 0.252 e. The van der Waals surface area contributed by atoms with Gasteiger partial charge in [0.05, 0.1) is 0 Å². The number of amides is 1. The van der Waals surface area contributed by atoms with Gasteiger partial charge in [-0.25, -0.2) is 8.42 Å². The van der Waals surface area contributed by atoms with Gasteiger partial charge in [0.25, 0.3) is 10.0 Å². The second-order valence-corrected chi connectivity index (χ2v) is 11.2. The molecule has 0 unspecified atom stereocenters. The number of thiophene rings is 1. The Balaban J connectivity index is 1.21. The third-order valence-electron chi connectivity index (χ3n) is 6.35. The fourth-order valence-electron chi connectivity index (χ4n) is 4.59. The summed E-state index contributed by atoms with van der Waals surface area (Å²) in [5, 5.41) is 2.99. The van der Waals surface area contributed by atoms with Crippen LogP contribution in [-0.4, -0.2) is 54.7 Å². The van der Waals surface area contributed by atoms with E-state index in [2.05, 4.69) is 29.4 Å². The van der Waals surface area contributed by atoms with Crippen molar-refractivity contribution in [2.45, 2.75) is 23.5 Å². The molecule has 0 spiro atoms.